The lowest BCUT2D eigenvalue weighted by molar-refractivity contribution is -0.133. The number of hydrogen-bond donors (Lipinski definition) is 1. The topological polar surface area (TPSA) is 32.3 Å². The van der Waals surface area contributed by atoms with Crippen molar-refractivity contribution in [2.24, 2.45) is 5.92 Å². The Labute approximate surface area is 127 Å². The van der Waals surface area contributed by atoms with Gasteiger partial charge in [-0.05, 0) is 57.6 Å². The van der Waals surface area contributed by atoms with Crippen molar-refractivity contribution < 1.29 is 4.79 Å². The minimum atomic E-state index is 0.0267. The van der Waals surface area contributed by atoms with Gasteiger partial charge in [0.1, 0.15) is 0 Å². The molecule has 3 fully saturated rings. The number of carbonyl (C=O) groups excluding carboxylic acids is 1. The third-order valence-electron chi connectivity index (χ3n) is 5.56. The van der Waals surface area contributed by atoms with E-state index in [0.717, 1.165) is 5.25 Å². The van der Waals surface area contributed by atoms with Crippen molar-refractivity contribution in [3.05, 3.63) is 0 Å². The predicted molar refractivity (Wildman–Crippen MR) is 84.7 cm³/mol. The number of thioether (sulfide) groups is 1. The van der Waals surface area contributed by atoms with Crippen LogP contribution in [0.15, 0.2) is 0 Å². The van der Waals surface area contributed by atoms with Gasteiger partial charge >= 0.3 is 0 Å². The van der Waals surface area contributed by atoms with Gasteiger partial charge in [0.25, 0.3) is 0 Å². The fourth-order valence-electron chi connectivity index (χ4n) is 4.37. The number of rotatable bonds is 3. The minimum Gasteiger partial charge on any atom is -0.323 e. The van der Waals surface area contributed by atoms with Gasteiger partial charge in [0.05, 0.1) is 12.2 Å². The van der Waals surface area contributed by atoms with Crippen molar-refractivity contribution in [3.63, 3.8) is 0 Å². The molecular formula is C16H28N2OS. The molecule has 114 valence electrons. The van der Waals surface area contributed by atoms with Crippen molar-refractivity contribution in [2.75, 3.05) is 6.26 Å². The molecular weight excluding hydrogens is 268 g/mol. The SMILES string of the molecule is CSC1CCC(N2C(=O)C(C)NC2C2CCCC2)CC1. The van der Waals surface area contributed by atoms with E-state index >= 15 is 0 Å². The van der Waals surface area contributed by atoms with Crippen molar-refractivity contribution in [1.82, 2.24) is 10.2 Å². The number of nitrogens with one attached hydrogen (secondary N) is 1. The van der Waals surface area contributed by atoms with E-state index in [1.54, 1.807) is 0 Å². The first-order valence-electron chi connectivity index (χ1n) is 8.31. The van der Waals surface area contributed by atoms with Gasteiger partial charge in [-0.1, -0.05) is 12.8 Å². The number of carbonyl (C=O) groups is 1. The summed E-state index contributed by atoms with van der Waals surface area (Å²) in [5.41, 5.74) is 0. The smallest absolute Gasteiger partial charge is 0.240 e. The lowest BCUT2D eigenvalue weighted by atomic mass is 9.92. The highest BCUT2D eigenvalue weighted by atomic mass is 32.2. The summed E-state index contributed by atoms with van der Waals surface area (Å²) >= 11 is 2.00. The molecule has 0 spiro atoms. The molecule has 1 heterocycles. The fraction of sp³-hybridized carbons (Fsp3) is 0.938. The first-order valence-corrected chi connectivity index (χ1v) is 9.60. The van der Waals surface area contributed by atoms with Gasteiger partial charge in [0.15, 0.2) is 0 Å². The molecule has 0 aromatic heterocycles. The van der Waals surface area contributed by atoms with E-state index in [1.807, 2.05) is 18.7 Å². The Morgan fingerprint density at radius 2 is 1.75 bits per heavy atom. The molecule has 4 heteroatoms. The summed E-state index contributed by atoms with van der Waals surface area (Å²) in [7, 11) is 0. The maximum absolute atomic E-state index is 12.6. The van der Waals surface area contributed by atoms with E-state index in [4.69, 9.17) is 0 Å². The lowest BCUT2D eigenvalue weighted by Crippen LogP contribution is -2.49. The third kappa shape index (κ3) is 2.74. The quantitative estimate of drug-likeness (QED) is 0.869. The number of amides is 1. The minimum absolute atomic E-state index is 0.0267. The fourth-order valence-corrected chi connectivity index (χ4v) is 5.11. The van der Waals surface area contributed by atoms with E-state index in [9.17, 15) is 4.79 Å². The van der Waals surface area contributed by atoms with E-state index in [2.05, 4.69) is 16.5 Å². The van der Waals surface area contributed by atoms with Crippen LogP contribution in [0.3, 0.4) is 0 Å². The summed E-state index contributed by atoms with van der Waals surface area (Å²) in [4.78, 5) is 14.8. The van der Waals surface area contributed by atoms with Crippen LogP contribution < -0.4 is 5.32 Å². The summed E-state index contributed by atoms with van der Waals surface area (Å²) in [6.45, 7) is 2.04. The maximum atomic E-state index is 12.6. The van der Waals surface area contributed by atoms with E-state index in [0.29, 0.717) is 24.0 Å². The summed E-state index contributed by atoms with van der Waals surface area (Å²) in [6.07, 6.45) is 12.8. The summed E-state index contributed by atoms with van der Waals surface area (Å²) in [6, 6.07) is 0.521. The molecule has 0 aromatic rings. The van der Waals surface area contributed by atoms with E-state index < -0.39 is 0 Å². The van der Waals surface area contributed by atoms with Crippen LogP contribution in [0.25, 0.3) is 0 Å². The Morgan fingerprint density at radius 3 is 2.35 bits per heavy atom. The standard InChI is InChI=1S/C16H28N2OS/c1-11-16(19)18(13-7-9-14(20-2)10-8-13)15(17-11)12-5-3-4-6-12/h11-15,17H,3-10H2,1-2H3. The molecule has 1 aliphatic heterocycles. The molecule has 1 saturated heterocycles. The van der Waals surface area contributed by atoms with Crippen LogP contribution in [0, 0.1) is 5.92 Å². The zero-order chi connectivity index (χ0) is 14.1. The highest BCUT2D eigenvalue weighted by Gasteiger charge is 2.44. The second-order valence-corrected chi connectivity index (χ2v) is 7.93. The van der Waals surface area contributed by atoms with Crippen LogP contribution in [0.1, 0.15) is 58.3 Å². The Bertz CT molecular complexity index is 348. The van der Waals surface area contributed by atoms with Gasteiger partial charge in [-0.25, -0.2) is 0 Å². The van der Waals surface area contributed by atoms with Crippen LogP contribution >= 0.6 is 11.8 Å². The molecule has 2 saturated carbocycles. The predicted octanol–water partition coefficient (Wildman–Crippen LogP) is 3.00. The molecule has 1 N–H and O–H groups in total. The molecule has 20 heavy (non-hydrogen) atoms. The lowest BCUT2D eigenvalue weighted by Gasteiger charge is -2.39. The molecule has 3 aliphatic rings. The van der Waals surface area contributed by atoms with E-state index in [-0.39, 0.29) is 6.04 Å². The second-order valence-electron chi connectivity index (χ2n) is 6.79. The van der Waals surface area contributed by atoms with Crippen LogP contribution in [-0.2, 0) is 4.79 Å². The van der Waals surface area contributed by atoms with Gasteiger partial charge < -0.3 is 4.90 Å². The highest BCUT2D eigenvalue weighted by molar-refractivity contribution is 7.99. The zero-order valence-corrected chi connectivity index (χ0v) is 13.6. The molecule has 0 radical (unpaired) electrons. The Balaban J connectivity index is 1.69. The third-order valence-corrected chi connectivity index (χ3v) is 6.70. The average Bonchev–Trinajstić information content (AvgIpc) is 3.09. The summed E-state index contributed by atoms with van der Waals surface area (Å²) < 4.78 is 0. The van der Waals surface area contributed by atoms with Crippen molar-refractivity contribution in [3.8, 4) is 0 Å². The summed E-state index contributed by atoms with van der Waals surface area (Å²) in [5.74, 6) is 1.05. The van der Waals surface area contributed by atoms with Gasteiger partial charge in [-0.3, -0.25) is 10.1 Å². The summed E-state index contributed by atoms with van der Waals surface area (Å²) in [5, 5.41) is 4.41. The molecule has 0 bridgehead atoms. The van der Waals surface area contributed by atoms with E-state index in [1.165, 1.54) is 51.4 Å². The van der Waals surface area contributed by atoms with Crippen molar-refractivity contribution in [1.29, 1.82) is 0 Å². The molecule has 2 aliphatic carbocycles. The van der Waals surface area contributed by atoms with Crippen molar-refractivity contribution in [2.45, 2.75) is 81.8 Å². The van der Waals surface area contributed by atoms with Crippen LogP contribution in [0.5, 0.6) is 0 Å². The largest absolute Gasteiger partial charge is 0.323 e. The second kappa shape index (κ2) is 6.27. The molecule has 3 rings (SSSR count). The Kier molecular flexibility index (Phi) is 4.61. The molecule has 1 amide bonds. The first kappa shape index (κ1) is 14.7. The maximum Gasteiger partial charge on any atom is 0.240 e. The number of nitrogens with zero attached hydrogens (tertiary/aromatic N) is 1. The van der Waals surface area contributed by atoms with Gasteiger partial charge in [-0.15, -0.1) is 0 Å². The Hall–Kier alpha value is -0.220. The molecule has 2 atom stereocenters. The van der Waals surface area contributed by atoms with Crippen LogP contribution in [0.2, 0.25) is 0 Å². The highest BCUT2D eigenvalue weighted by Crippen LogP contribution is 2.37. The monoisotopic (exact) mass is 296 g/mol. The first-order chi connectivity index (χ1) is 9.70. The normalized spacial score (nSPS) is 39.7. The Morgan fingerprint density at radius 1 is 1.10 bits per heavy atom. The molecule has 2 unspecified atom stereocenters. The van der Waals surface area contributed by atoms with Crippen LogP contribution in [0.4, 0.5) is 0 Å². The van der Waals surface area contributed by atoms with Gasteiger partial charge in [0.2, 0.25) is 5.91 Å². The molecule has 3 nitrogen and oxygen atoms in total. The van der Waals surface area contributed by atoms with Gasteiger partial charge in [0, 0.05) is 11.3 Å². The number of hydrogen-bond acceptors (Lipinski definition) is 3. The van der Waals surface area contributed by atoms with Crippen molar-refractivity contribution >= 4 is 17.7 Å². The van der Waals surface area contributed by atoms with Crippen LogP contribution in [-0.4, -0.2) is 40.6 Å². The zero-order valence-electron chi connectivity index (χ0n) is 12.8. The van der Waals surface area contributed by atoms with Gasteiger partial charge in [-0.2, -0.15) is 11.8 Å². The average molecular weight is 296 g/mol. The molecule has 0 aromatic carbocycles.